The van der Waals surface area contributed by atoms with Crippen LogP contribution in [0, 0.1) is 5.41 Å². The molecular weight excluding hydrogens is 336 g/mol. The Hall–Kier alpha value is -1.66. The topological polar surface area (TPSA) is 64.4 Å². The molecule has 2 aromatic heterocycles. The highest BCUT2D eigenvalue weighted by Gasteiger charge is 2.35. The smallest absolute Gasteiger partial charge is 0.342 e. The number of hydrogen-bond acceptors (Lipinski definition) is 4. The number of aliphatic hydroxyl groups excluding tert-OH is 1. The second kappa shape index (κ2) is 6.41. The van der Waals surface area contributed by atoms with Crippen molar-refractivity contribution < 1.29 is 14.6 Å². The van der Waals surface area contributed by atoms with Crippen LogP contribution in [-0.2, 0) is 11.3 Å². The quantitative estimate of drug-likeness (QED) is 0.840. The van der Waals surface area contributed by atoms with Gasteiger partial charge < -0.3 is 14.4 Å². The summed E-state index contributed by atoms with van der Waals surface area (Å²) >= 11 is 3.25. The molecule has 2 heterocycles. The molecule has 0 aliphatic rings. The van der Waals surface area contributed by atoms with Crippen molar-refractivity contribution in [2.24, 2.45) is 5.41 Å². The molecule has 2 rings (SSSR count). The molecule has 0 radical (unpaired) electrons. The molecule has 0 saturated heterocycles. The first-order chi connectivity index (χ1) is 9.88. The summed E-state index contributed by atoms with van der Waals surface area (Å²) in [5, 5.41) is 10.2. The van der Waals surface area contributed by atoms with Crippen LogP contribution >= 0.6 is 15.9 Å². The Bertz CT molecular complexity index is 594. The number of aromatic nitrogens is 2. The van der Waals surface area contributed by atoms with Gasteiger partial charge in [0.2, 0.25) is 5.88 Å². The molecule has 0 aliphatic heterocycles. The first-order valence-electron chi connectivity index (χ1n) is 6.50. The number of rotatable bonds is 5. The van der Waals surface area contributed by atoms with Crippen molar-refractivity contribution in [3.05, 3.63) is 47.3 Å². The van der Waals surface area contributed by atoms with E-state index >= 15 is 0 Å². The van der Waals surface area contributed by atoms with Gasteiger partial charge in [0.15, 0.2) is 6.10 Å². The van der Waals surface area contributed by atoms with Crippen LogP contribution < -0.4 is 4.74 Å². The maximum atomic E-state index is 12.0. The van der Waals surface area contributed by atoms with Crippen molar-refractivity contribution in [1.82, 2.24) is 9.55 Å². The molecule has 1 atom stereocenters. The van der Waals surface area contributed by atoms with Gasteiger partial charge in [0.1, 0.15) is 0 Å². The van der Waals surface area contributed by atoms with E-state index in [1.807, 2.05) is 42.9 Å². The van der Waals surface area contributed by atoms with Crippen molar-refractivity contribution in [3.8, 4) is 5.88 Å². The summed E-state index contributed by atoms with van der Waals surface area (Å²) in [6.07, 6.45) is 4.05. The minimum Gasteiger partial charge on any atom is -0.406 e. The van der Waals surface area contributed by atoms with Gasteiger partial charge in [-0.05, 0) is 34.1 Å². The molecule has 112 valence electrons. The van der Waals surface area contributed by atoms with Gasteiger partial charge in [0.05, 0.1) is 0 Å². The van der Waals surface area contributed by atoms with Crippen molar-refractivity contribution in [3.63, 3.8) is 0 Å². The minimum atomic E-state index is -1.25. The first kappa shape index (κ1) is 15.7. The second-order valence-electron chi connectivity index (χ2n) is 5.48. The molecule has 6 heteroatoms. The molecule has 2 aromatic rings. The van der Waals surface area contributed by atoms with Gasteiger partial charge >= 0.3 is 5.97 Å². The molecule has 0 aromatic carbocycles. The van der Waals surface area contributed by atoms with Crippen LogP contribution in [0.15, 0.2) is 47.3 Å². The summed E-state index contributed by atoms with van der Waals surface area (Å²) in [5.74, 6) is -0.541. The fourth-order valence-corrected chi connectivity index (χ4v) is 2.17. The number of ether oxygens (including phenoxy) is 1. The van der Waals surface area contributed by atoms with Gasteiger partial charge in [0, 0.05) is 41.1 Å². The van der Waals surface area contributed by atoms with Gasteiger partial charge in [0.25, 0.3) is 0 Å². The average molecular weight is 353 g/mol. The Kier molecular flexibility index (Phi) is 4.80. The maximum Gasteiger partial charge on any atom is 0.342 e. The Balaban J connectivity index is 2.02. The number of halogens is 1. The van der Waals surface area contributed by atoms with Crippen LogP contribution in [0.1, 0.15) is 13.8 Å². The summed E-state index contributed by atoms with van der Waals surface area (Å²) in [6.45, 7) is 4.13. The van der Waals surface area contributed by atoms with Gasteiger partial charge in [-0.15, -0.1) is 0 Å². The van der Waals surface area contributed by atoms with E-state index in [9.17, 15) is 9.90 Å². The van der Waals surface area contributed by atoms with Crippen LogP contribution in [0.5, 0.6) is 5.88 Å². The molecule has 0 spiro atoms. The highest BCUT2D eigenvalue weighted by atomic mass is 79.9. The predicted octanol–water partition coefficient (Wildman–Crippen LogP) is 2.64. The van der Waals surface area contributed by atoms with Crippen LogP contribution in [0.2, 0.25) is 0 Å². The van der Waals surface area contributed by atoms with E-state index < -0.39 is 17.5 Å². The van der Waals surface area contributed by atoms with E-state index in [1.54, 1.807) is 12.1 Å². The molecule has 0 fully saturated rings. The van der Waals surface area contributed by atoms with Crippen molar-refractivity contribution in [2.45, 2.75) is 26.5 Å². The van der Waals surface area contributed by atoms with E-state index in [2.05, 4.69) is 20.9 Å². The molecule has 1 N–H and O–H groups in total. The Morgan fingerprint density at radius 3 is 2.67 bits per heavy atom. The lowest BCUT2D eigenvalue weighted by atomic mass is 9.86. The number of carbonyl (C=O) groups is 1. The molecule has 21 heavy (non-hydrogen) atoms. The minimum absolute atomic E-state index is 0.166. The zero-order valence-corrected chi connectivity index (χ0v) is 13.4. The third kappa shape index (κ3) is 4.15. The van der Waals surface area contributed by atoms with E-state index in [-0.39, 0.29) is 5.88 Å². The van der Waals surface area contributed by atoms with Crippen LogP contribution in [0.3, 0.4) is 0 Å². The molecule has 0 aliphatic carbocycles. The van der Waals surface area contributed by atoms with Gasteiger partial charge in [-0.25, -0.2) is 9.78 Å². The molecular formula is C15H17BrN2O3. The van der Waals surface area contributed by atoms with Crippen molar-refractivity contribution >= 4 is 21.9 Å². The van der Waals surface area contributed by atoms with E-state index in [4.69, 9.17) is 4.74 Å². The molecule has 0 bridgehead atoms. The zero-order valence-electron chi connectivity index (χ0n) is 11.9. The van der Waals surface area contributed by atoms with Crippen LogP contribution in [0.25, 0.3) is 0 Å². The normalized spacial score (nSPS) is 13.0. The number of carbonyl (C=O) groups excluding carboxylic acids is 1. The van der Waals surface area contributed by atoms with Gasteiger partial charge in [-0.1, -0.05) is 13.8 Å². The highest BCUT2D eigenvalue weighted by Crippen LogP contribution is 2.25. The third-order valence-electron chi connectivity index (χ3n) is 3.13. The standard InChI is InChI=1S/C15H17BrN2O3/c1-15(2,10-18-7-3-4-8-18)13(19)14(20)21-12-6-5-11(16)9-17-12/h3-9,13,19H,10H2,1-2H3. The molecule has 5 nitrogen and oxygen atoms in total. The van der Waals surface area contributed by atoms with Crippen LogP contribution in [0.4, 0.5) is 0 Å². The second-order valence-corrected chi connectivity index (χ2v) is 6.40. The summed E-state index contributed by atoms with van der Waals surface area (Å²) in [5.41, 5.74) is -0.661. The van der Waals surface area contributed by atoms with E-state index in [0.29, 0.717) is 6.54 Å². The van der Waals surface area contributed by atoms with Crippen molar-refractivity contribution in [2.75, 3.05) is 0 Å². The summed E-state index contributed by atoms with van der Waals surface area (Å²) in [7, 11) is 0. The number of hydrogen-bond donors (Lipinski definition) is 1. The molecule has 1 unspecified atom stereocenters. The zero-order chi connectivity index (χ0) is 15.5. The third-order valence-corrected chi connectivity index (χ3v) is 3.59. The largest absolute Gasteiger partial charge is 0.406 e. The lowest BCUT2D eigenvalue weighted by Gasteiger charge is -2.29. The summed E-state index contributed by atoms with van der Waals surface area (Å²) in [6, 6.07) is 7.07. The average Bonchev–Trinajstić information content (AvgIpc) is 2.92. The Morgan fingerprint density at radius 1 is 1.43 bits per heavy atom. The monoisotopic (exact) mass is 352 g/mol. The number of pyridine rings is 1. The van der Waals surface area contributed by atoms with Crippen LogP contribution in [-0.4, -0.2) is 26.7 Å². The number of aliphatic hydroxyl groups is 1. The SMILES string of the molecule is CC(C)(Cn1cccc1)C(O)C(=O)Oc1ccc(Br)cn1. The molecule has 0 amide bonds. The first-order valence-corrected chi connectivity index (χ1v) is 7.30. The van der Waals surface area contributed by atoms with Gasteiger partial charge in [-0.2, -0.15) is 0 Å². The van der Waals surface area contributed by atoms with E-state index in [1.165, 1.54) is 6.20 Å². The van der Waals surface area contributed by atoms with E-state index in [0.717, 1.165) is 4.47 Å². The molecule has 0 saturated carbocycles. The highest BCUT2D eigenvalue weighted by molar-refractivity contribution is 9.10. The lowest BCUT2D eigenvalue weighted by Crippen LogP contribution is -2.41. The van der Waals surface area contributed by atoms with Crippen molar-refractivity contribution in [1.29, 1.82) is 0 Å². The number of nitrogens with zero attached hydrogens (tertiary/aromatic N) is 2. The fourth-order valence-electron chi connectivity index (χ4n) is 1.93. The lowest BCUT2D eigenvalue weighted by molar-refractivity contribution is -0.151. The predicted molar refractivity (Wildman–Crippen MR) is 81.8 cm³/mol. The summed E-state index contributed by atoms with van der Waals surface area (Å²) in [4.78, 5) is 16.0. The maximum absolute atomic E-state index is 12.0. The fraction of sp³-hybridized carbons (Fsp3) is 0.333. The Labute approximate surface area is 131 Å². The summed E-state index contributed by atoms with van der Waals surface area (Å²) < 4.78 is 7.81. The Morgan fingerprint density at radius 2 is 2.10 bits per heavy atom. The van der Waals surface area contributed by atoms with Gasteiger partial charge in [-0.3, -0.25) is 0 Å². The number of esters is 1.